The Hall–Kier alpha value is -4.30. The third kappa shape index (κ3) is 2.47. The van der Waals surface area contributed by atoms with Crippen molar-refractivity contribution < 1.29 is 0 Å². The molecular formula is C30H20N2. The maximum Gasteiger partial charge on any atom is 0.0541 e. The largest absolute Gasteiger partial charge is 0.354 e. The molecule has 0 aliphatic carbocycles. The Bertz CT molecular complexity index is 1680. The van der Waals surface area contributed by atoms with Crippen molar-refractivity contribution in [3.63, 3.8) is 0 Å². The van der Waals surface area contributed by atoms with Crippen LogP contribution in [-0.4, -0.2) is 4.57 Å². The van der Waals surface area contributed by atoms with Gasteiger partial charge >= 0.3 is 0 Å². The van der Waals surface area contributed by atoms with Crippen molar-refractivity contribution in [2.24, 2.45) is 0 Å². The van der Waals surface area contributed by atoms with E-state index < -0.39 is 0 Å². The van der Waals surface area contributed by atoms with Crippen LogP contribution in [0.5, 0.6) is 0 Å². The van der Waals surface area contributed by atoms with Crippen LogP contribution >= 0.6 is 0 Å². The number of fused-ring (bicyclic) bond motifs is 3. The number of rotatable bonds is 2. The molecule has 5 aromatic carbocycles. The summed E-state index contributed by atoms with van der Waals surface area (Å²) >= 11 is 0. The first kappa shape index (κ1) is 17.4. The molecule has 0 unspecified atom stereocenters. The Balaban J connectivity index is 1.46. The van der Waals surface area contributed by atoms with E-state index in [1.165, 1.54) is 55.1 Å². The predicted octanol–water partition coefficient (Wildman–Crippen LogP) is 7.86. The number of anilines is 1. The van der Waals surface area contributed by atoms with Crippen molar-refractivity contribution in [1.82, 2.24) is 4.57 Å². The SMILES string of the molecule is C1=C(c2ccc3c(c2)c2ccccc2n3-c2ccccc2)Nc2cccc3cccc1c23. The highest BCUT2D eigenvalue weighted by molar-refractivity contribution is 6.13. The number of para-hydroxylation sites is 2. The molecule has 0 radical (unpaired) electrons. The number of nitrogens with one attached hydrogen (secondary N) is 1. The zero-order valence-electron chi connectivity index (χ0n) is 17.4. The van der Waals surface area contributed by atoms with E-state index in [1.54, 1.807) is 0 Å². The lowest BCUT2D eigenvalue weighted by Gasteiger charge is -2.20. The molecule has 0 spiro atoms. The normalized spacial score (nSPS) is 12.8. The number of nitrogens with zero attached hydrogens (tertiary/aromatic N) is 1. The molecule has 2 nitrogen and oxygen atoms in total. The quantitative estimate of drug-likeness (QED) is 0.308. The minimum Gasteiger partial charge on any atom is -0.354 e. The Kier molecular flexibility index (Phi) is 3.58. The number of hydrogen-bond acceptors (Lipinski definition) is 1. The van der Waals surface area contributed by atoms with Crippen molar-refractivity contribution in [1.29, 1.82) is 0 Å². The monoisotopic (exact) mass is 408 g/mol. The number of hydrogen-bond donors (Lipinski definition) is 1. The second-order valence-electron chi connectivity index (χ2n) is 8.35. The lowest BCUT2D eigenvalue weighted by molar-refractivity contribution is 1.18. The second kappa shape index (κ2) is 6.60. The van der Waals surface area contributed by atoms with E-state index in [4.69, 9.17) is 0 Å². The van der Waals surface area contributed by atoms with Crippen molar-refractivity contribution in [2.45, 2.75) is 0 Å². The van der Waals surface area contributed by atoms with Gasteiger partial charge in [-0.2, -0.15) is 0 Å². The summed E-state index contributed by atoms with van der Waals surface area (Å²) in [7, 11) is 0. The van der Waals surface area contributed by atoms with Gasteiger partial charge < -0.3 is 9.88 Å². The van der Waals surface area contributed by atoms with Crippen molar-refractivity contribution in [3.05, 3.63) is 120 Å². The topological polar surface area (TPSA) is 17.0 Å². The summed E-state index contributed by atoms with van der Waals surface area (Å²) in [6.07, 6.45) is 2.27. The third-order valence-electron chi connectivity index (χ3n) is 6.50. The maximum atomic E-state index is 3.68. The Morgan fingerprint density at radius 1 is 0.594 bits per heavy atom. The predicted molar refractivity (Wildman–Crippen MR) is 136 cm³/mol. The van der Waals surface area contributed by atoms with E-state index >= 15 is 0 Å². The summed E-state index contributed by atoms with van der Waals surface area (Å²) in [6.45, 7) is 0. The van der Waals surface area contributed by atoms with Crippen LogP contribution in [0.15, 0.2) is 109 Å². The molecule has 0 bridgehead atoms. The minimum atomic E-state index is 1.13. The Labute approximate surface area is 186 Å². The summed E-state index contributed by atoms with van der Waals surface area (Å²) in [4.78, 5) is 0. The van der Waals surface area contributed by atoms with Gasteiger partial charge in [0.05, 0.1) is 11.0 Å². The molecule has 1 aliphatic heterocycles. The van der Waals surface area contributed by atoms with Gasteiger partial charge in [-0.1, -0.05) is 72.8 Å². The fourth-order valence-electron chi connectivity index (χ4n) is 5.08. The van der Waals surface area contributed by atoms with Gasteiger partial charge in [0.25, 0.3) is 0 Å². The third-order valence-corrected chi connectivity index (χ3v) is 6.50. The Morgan fingerprint density at radius 2 is 1.38 bits per heavy atom. The first-order valence-electron chi connectivity index (χ1n) is 11.0. The zero-order valence-corrected chi connectivity index (χ0v) is 17.4. The molecule has 1 N–H and O–H groups in total. The minimum absolute atomic E-state index is 1.13. The van der Waals surface area contributed by atoms with Gasteiger partial charge in [0.1, 0.15) is 0 Å². The van der Waals surface area contributed by atoms with Crippen LogP contribution in [0.4, 0.5) is 5.69 Å². The fraction of sp³-hybridized carbons (Fsp3) is 0. The number of benzene rings is 5. The standard InChI is InChI=1S/C30H20N2/c1-2-11-23(12-3-1)32-28-15-5-4-13-24(28)25-18-21(16-17-29(25)32)27-19-22-10-6-8-20-9-7-14-26(31-27)30(20)22/h1-19,31H. The van der Waals surface area contributed by atoms with Crippen LogP contribution in [-0.2, 0) is 0 Å². The van der Waals surface area contributed by atoms with E-state index in [-0.39, 0.29) is 0 Å². The second-order valence-corrected chi connectivity index (χ2v) is 8.35. The first-order valence-corrected chi connectivity index (χ1v) is 11.0. The molecule has 32 heavy (non-hydrogen) atoms. The molecule has 0 saturated heterocycles. The molecule has 2 heterocycles. The van der Waals surface area contributed by atoms with Crippen LogP contribution in [0.3, 0.4) is 0 Å². The van der Waals surface area contributed by atoms with Crippen LogP contribution in [0.1, 0.15) is 11.1 Å². The van der Waals surface area contributed by atoms with Crippen LogP contribution in [0.25, 0.3) is 50.0 Å². The van der Waals surface area contributed by atoms with Gasteiger partial charge in [-0.15, -0.1) is 0 Å². The highest BCUT2D eigenvalue weighted by atomic mass is 15.0. The van der Waals surface area contributed by atoms with Crippen LogP contribution in [0.2, 0.25) is 0 Å². The lowest BCUT2D eigenvalue weighted by Crippen LogP contribution is -2.04. The molecule has 150 valence electrons. The van der Waals surface area contributed by atoms with Crippen LogP contribution < -0.4 is 5.32 Å². The van der Waals surface area contributed by atoms with Crippen molar-refractivity contribution in [3.8, 4) is 5.69 Å². The average Bonchev–Trinajstić information content (AvgIpc) is 3.19. The van der Waals surface area contributed by atoms with Gasteiger partial charge in [-0.3, -0.25) is 0 Å². The Morgan fingerprint density at radius 3 is 2.28 bits per heavy atom. The van der Waals surface area contributed by atoms with Gasteiger partial charge in [0.15, 0.2) is 0 Å². The van der Waals surface area contributed by atoms with Gasteiger partial charge in [0.2, 0.25) is 0 Å². The summed E-state index contributed by atoms with van der Waals surface area (Å²) in [5.74, 6) is 0. The van der Waals surface area contributed by atoms with Crippen LogP contribution in [0, 0.1) is 0 Å². The van der Waals surface area contributed by atoms with Gasteiger partial charge in [-0.25, -0.2) is 0 Å². The smallest absolute Gasteiger partial charge is 0.0541 e. The molecule has 2 heteroatoms. The highest BCUT2D eigenvalue weighted by Gasteiger charge is 2.17. The van der Waals surface area contributed by atoms with E-state index in [0.717, 1.165) is 5.70 Å². The summed E-state index contributed by atoms with van der Waals surface area (Å²) < 4.78 is 2.35. The first-order chi connectivity index (χ1) is 15.9. The summed E-state index contributed by atoms with van der Waals surface area (Å²) in [6, 6.07) is 39.0. The molecular weight excluding hydrogens is 388 g/mol. The summed E-state index contributed by atoms with van der Waals surface area (Å²) in [5, 5.41) is 8.78. The lowest BCUT2D eigenvalue weighted by atomic mass is 9.96. The molecule has 6 aromatic rings. The van der Waals surface area contributed by atoms with Crippen molar-refractivity contribution in [2.75, 3.05) is 5.32 Å². The molecule has 0 amide bonds. The van der Waals surface area contributed by atoms with E-state index in [9.17, 15) is 0 Å². The molecule has 0 saturated carbocycles. The van der Waals surface area contributed by atoms with Gasteiger partial charge in [0, 0.05) is 33.2 Å². The summed E-state index contributed by atoms with van der Waals surface area (Å²) in [5.41, 5.74) is 8.39. The highest BCUT2D eigenvalue weighted by Crippen LogP contribution is 2.38. The van der Waals surface area contributed by atoms with E-state index in [0.29, 0.717) is 0 Å². The fourth-order valence-corrected chi connectivity index (χ4v) is 5.08. The average molecular weight is 409 g/mol. The van der Waals surface area contributed by atoms with E-state index in [2.05, 4.69) is 125 Å². The molecule has 0 atom stereocenters. The molecule has 1 aliphatic rings. The molecule has 7 rings (SSSR count). The number of aromatic nitrogens is 1. The van der Waals surface area contributed by atoms with Crippen molar-refractivity contribution >= 4 is 50.0 Å². The zero-order chi connectivity index (χ0) is 21.1. The van der Waals surface area contributed by atoms with E-state index in [1.807, 2.05) is 0 Å². The molecule has 1 aromatic heterocycles. The maximum absolute atomic E-state index is 3.68. The van der Waals surface area contributed by atoms with Gasteiger partial charge in [-0.05, 0) is 59.0 Å². The molecule has 0 fully saturated rings.